The molecule has 0 N–H and O–H groups in total. The molecule has 7 rings (SSSR count). The van der Waals surface area contributed by atoms with E-state index in [0.717, 1.165) is 64.6 Å². The molecule has 0 spiro atoms. The average Bonchev–Trinajstić information content (AvgIpc) is 3.70. The van der Waals surface area contributed by atoms with Gasteiger partial charge in [0.2, 0.25) is 0 Å². The van der Waals surface area contributed by atoms with Crippen LogP contribution in [0, 0.1) is 26.0 Å². The molecule has 0 bridgehead atoms. The van der Waals surface area contributed by atoms with Gasteiger partial charge in [-0.25, -0.2) is 4.98 Å². The second-order valence-electron chi connectivity index (χ2n) is 13.1. The third kappa shape index (κ3) is 6.62. The van der Waals surface area contributed by atoms with Crippen LogP contribution in [0.15, 0.2) is 91.4 Å². The number of nitrogens with zero attached hydrogens (tertiary/aromatic N) is 4. The van der Waals surface area contributed by atoms with Gasteiger partial charge in [-0.3, -0.25) is 4.68 Å². The molecule has 0 aliphatic rings. The Kier molecular flexibility index (Phi) is 10.2. The summed E-state index contributed by atoms with van der Waals surface area (Å²) < 4.78 is 10.5. The molecular formula is C43H42N4OPt. The smallest absolute Gasteiger partial charge is 0.509 e. The molecule has 0 atom stereocenters. The number of pyridine rings is 1. The van der Waals surface area contributed by atoms with Crippen LogP contribution < -0.4 is 4.74 Å². The Hall–Kier alpha value is -4.47. The molecule has 3 heterocycles. The zero-order chi connectivity index (χ0) is 33.4. The summed E-state index contributed by atoms with van der Waals surface area (Å²) in [6.45, 7) is 13.4. The molecule has 4 aromatic carbocycles. The molecule has 0 unspecified atom stereocenters. The molecule has 0 fully saturated rings. The van der Waals surface area contributed by atoms with Crippen LogP contribution in [0.3, 0.4) is 0 Å². The van der Waals surface area contributed by atoms with Crippen LogP contribution in [-0.2, 0) is 33.9 Å². The predicted molar refractivity (Wildman–Crippen MR) is 197 cm³/mol. The summed E-state index contributed by atoms with van der Waals surface area (Å²) in [5, 5.41) is 7.07. The molecule has 0 amide bonds. The van der Waals surface area contributed by atoms with E-state index in [2.05, 4.69) is 113 Å². The second-order valence-corrected chi connectivity index (χ2v) is 13.1. The van der Waals surface area contributed by atoms with Gasteiger partial charge in [0.05, 0.1) is 6.20 Å². The van der Waals surface area contributed by atoms with Crippen LogP contribution in [0.4, 0.5) is 0 Å². The zero-order valence-electron chi connectivity index (χ0n) is 29.1. The Bertz CT molecular complexity index is 2230. The minimum absolute atomic E-state index is 0. The number of aryl methyl sites for hydroxylation is 2. The summed E-state index contributed by atoms with van der Waals surface area (Å²) in [6.07, 6.45) is 10.3. The van der Waals surface area contributed by atoms with Crippen molar-refractivity contribution < 1.29 is 25.8 Å². The Labute approximate surface area is 304 Å². The van der Waals surface area contributed by atoms with Gasteiger partial charge in [0, 0.05) is 35.0 Å². The molecule has 3 aromatic heterocycles. The maximum absolute atomic E-state index is 6.44. The van der Waals surface area contributed by atoms with Crippen molar-refractivity contribution in [3.05, 3.63) is 131 Å². The quantitative estimate of drug-likeness (QED) is 0.129. The SMILES string of the molecule is CCCc1c(C)cc(C)c(CCC)c1-c1cnn(-c2[c-]c(Oc3[c-]c4c(cc3)c3ccccc3n4-c3cc(C(C)C)ccn3)ccc2)c1.[Pt+2]. The summed E-state index contributed by atoms with van der Waals surface area (Å²) in [4.78, 5) is 4.77. The molecule has 0 aliphatic heterocycles. The van der Waals surface area contributed by atoms with Crippen molar-refractivity contribution in [2.75, 3.05) is 0 Å². The molecule has 0 aliphatic carbocycles. The number of aromatic nitrogens is 4. The number of hydrogen-bond acceptors (Lipinski definition) is 3. The third-order valence-electron chi connectivity index (χ3n) is 9.30. The molecule has 250 valence electrons. The van der Waals surface area contributed by atoms with Crippen LogP contribution in [-0.4, -0.2) is 19.3 Å². The first kappa shape index (κ1) is 34.4. The number of benzene rings is 4. The number of ether oxygens (including phenoxy) is 1. The van der Waals surface area contributed by atoms with Gasteiger partial charge in [-0.1, -0.05) is 70.3 Å². The summed E-state index contributed by atoms with van der Waals surface area (Å²) >= 11 is 0. The van der Waals surface area contributed by atoms with Gasteiger partial charge in [-0.05, 0) is 95.3 Å². The normalized spacial score (nSPS) is 11.4. The van der Waals surface area contributed by atoms with Gasteiger partial charge in [0.1, 0.15) is 5.82 Å². The van der Waals surface area contributed by atoms with Gasteiger partial charge in [0.25, 0.3) is 0 Å². The van der Waals surface area contributed by atoms with Crippen molar-refractivity contribution in [1.82, 2.24) is 19.3 Å². The van der Waals surface area contributed by atoms with Gasteiger partial charge in [-0.2, -0.15) is 17.2 Å². The van der Waals surface area contributed by atoms with Crippen molar-refractivity contribution >= 4 is 21.8 Å². The van der Waals surface area contributed by atoms with Crippen LogP contribution in [0.1, 0.15) is 74.3 Å². The Balaban J connectivity index is 0.00000417. The van der Waals surface area contributed by atoms with Gasteiger partial charge in [-0.15, -0.1) is 35.7 Å². The standard InChI is InChI=1S/C43H42N4O.Pt/c1-7-12-36-29(5)22-30(6)37(13-8-2)43(36)32-26-45-46(27-32)33-14-11-15-34(24-33)48-35-18-19-39-38-16-9-10-17-40(38)47(41(39)25-35)42-23-31(28(3)4)20-21-44-42;/h9-11,14-23,26-28H,7-8,12-13H2,1-6H3;/q-2;+2. The topological polar surface area (TPSA) is 44.9 Å². The molecular weight excluding hydrogens is 784 g/mol. The van der Waals surface area contributed by atoms with Gasteiger partial charge < -0.3 is 9.30 Å². The summed E-state index contributed by atoms with van der Waals surface area (Å²) in [7, 11) is 0. The minimum atomic E-state index is 0. The third-order valence-corrected chi connectivity index (χ3v) is 9.30. The number of para-hydroxylation sites is 1. The van der Waals surface area contributed by atoms with Crippen molar-refractivity contribution in [2.45, 2.75) is 73.1 Å². The molecule has 7 aromatic rings. The largest absolute Gasteiger partial charge is 2.00 e. The Morgan fingerprint density at radius 2 is 1.53 bits per heavy atom. The summed E-state index contributed by atoms with van der Waals surface area (Å²) in [5.74, 6) is 2.49. The molecule has 0 radical (unpaired) electrons. The monoisotopic (exact) mass is 825 g/mol. The fourth-order valence-corrected chi connectivity index (χ4v) is 6.99. The van der Waals surface area contributed by atoms with E-state index >= 15 is 0 Å². The van der Waals surface area contributed by atoms with E-state index in [1.54, 1.807) is 0 Å². The molecule has 5 nitrogen and oxygen atoms in total. The number of fused-ring (bicyclic) bond motifs is 3. The first-order chi connectivity index (χ1) is 23.4. The van der Waals surface area contributed by atoms with Crippen molar-refractivity contribution in [3.8, 4) is 34.1 Å². The predicted octanol–water partition coefficient (Wildman–Crippen LogP) is 11.1. The van der Waals surface area contributed by atoms with E-state index in [-0.39, 0.29) is 21.1 Å². The number of rotatable bonds is 10. The van der Waals surface area contributed by atoms with E-state index < -0.39 is 0 Å². The van der Waals surface area contributed by atoms with Crippen LogP contribution >= 0.6 is 0 Å². The van der Waals surface area contributed by atoms with E-state index in [1.165, 1.54) is 33.4 Å². The first-order valence-corrected chi connectivity index (χ1v) is 17.2. The van der Waals surface area contributed by atoms with Crippen molar-refractivity contribution in [1.29, 1.82) is 0 Å². The summed E-state index contributed by atoms with van der Waals surface area (Å²) in [5.41, 5.74) is 12.2. The van der Waals surface area contributed by atoms with E-state index in [9.17, 15) is 0 Å². The van der Waals surface area contributed by atoms with Crippen molar-refractivity contribution in [3.63, 3.8) is 0 Å². The van der Waals surface area contributed by atoms with Gasteiger partial charge >= 0.3 is 21.1 Å². The number of hydrogen-bond donors (Lipinski definition) is 0. The maximum Gasteiger partial charge on any atom is 2.00 e. The van der Waals surface area contributed by atoms with E-state index in [4.69, 9.17) is 14.8 Å². The van der Waals surface area contributed by atoms with Crippen LogP contribution in [0.2, 0.25) is 0 Å². The molecule has 0 saturated heterocycles. The Morgan fingerprint density at radius 1 is 0.796 bits per heavy atom. The van der Waals surface area contributed by atoms with Gasteiger partial charge in [0.15, 0.2) is 0 Å². The Morgan fingerprint density at radius 3 is 2.27 bits per heavy atom. The molecule has 49 heavy (non-hydrogen) atoms. The zero-order valence-corrected chi connectivity index (χ0v) is 31.4. The average molecular weight is 826 g/mol. The molecule has 6 heteroatoms. The minimum Gasteiger partial charge on any atom is -0.509 e. The fourth-order valence-electron chi connectivity index (χ4n) is 6.99. The second kappa shape index (κ2) is 14.6. The molecule has 0 saturated carbocycles. The van der Waals surface area contributed by atoms with Crippen LogP contribution in [0.5, 0.6) is 11.5 Å². The van der Waals surface area contributed by atoms with E-state index in [0.29, 0.717) is 17.4 Å². The maximum atomic E-state index is 6.44. The first-order valence-electron chi connectivity index (χ1n) is 17.2. The van der Waals surface area contributed by atoms with Crippen LogP contribution in [0.25, 0.3) is 44.4 Å². The van der Waals surface area contributed by atoms with Crippen molar-refractivity contribution in [2.24, 2.45) is 0 Å². The van der Waals surface area contributed by atoms with E-state index in [1.807, 2.05) is 41.3 Å². The fraction of sp³-hybridized carbons (Fsp3) is 0.256. The summed E-state index contributed by atoms with van der Waals surface area (Å²) in [6, 6.07) is 32.1.